The van der Waals surface area contributed by atoms with E-state index in [0.717, 1.165) is 6.54 Å². The maximum Gasteiger partial charge on any atom is 0.236 e. The molecular formula is C10H20N2OS2. The lowest BCUT2D eigenvalue weighted by Crippen LogP contribution is -2.44. The normalized spacial score (nSPS) is 23.5. The van der Waals surface area contributed by atoms with E-state index in [4.69, 9.17) is 0 Å². The lowest BCUT2D eigenvalue weighted by molar-refractivity contribution is -0.122. The average Bonchev–Trinajstić information content (AvgIpc) is 2.27. The van der Waals surface area contributed by atoms with Gasteiger partial charge in [0.15, 0.2) is 0 Å². The maximum atomic E-state index is 11.4. The molecule has 0 aromatic carbocycles. The van der Waals surface area contributed by atoms with Crippen LogP contribution in [0, 0.1) is 0 Å². The lowest BCUT2D eigenvalue weighted by atomic mass is 10.3. The monoisotopic (exact) mass is 248 g/mol. The molecule has 88 valence electrons. The number of likely N-dealkylation sites (N-methyl/N-ethyl adjacent to an activating group) is 1. The molecule has 1 aliphatic heterocycles. The molecule has 1 saturated heterocycles. The Morgan fingerprint density at radius 3 is 2.93 bits per heavy atom. The molecule has 0 aliphatic carbocycles. The molecule has 0 saturated carbocycles. The van der Waals surface area contributed by atoms with E-state index in [0.29, 0.717) is 11.8 Å². The fourth-order valence-corrected chi connectivity index (χ4v) is 4.01. The third-order valence-electron chi connectivity index (χ3n) is 2.28. The molecule has 0 spiro atoms. The standard InChI is InChI=1S/C10H20N2OS2/c1-3-11-10(13)8(2)12-6-9-7-14-4-5-15-9/h8-9,12H,3-7H2,1-2H3,(H,11,13). The van der Waals surface area contributed by atoms with Gasteiger partial charge in [-0.05, 0) is 13.8 Å². The highest BCUT2D eigenvalue weighted by atomic mass is 32.2. The summed E-state index contributed by atoms with van der Waals surface area (Å²) >= 11 is 4.03. The second-order valence-electron chi connectivity index (χ2n) is 3.59. The zero-order chi connectivity index (χ0) is 11.1. The molecule has 1 fully saturated rings. The van der Waals surface area contributed by atoms with E-state index in [1.807, 2.05) is 37.4 Å². The van der Waals surface area contributed by atoms with Crippen LogP contribution in [0.1, 0.15) is 13.8 Å². The van der Waals surface area contributed by atoms with E-state index in [2.05, 4.69) is 10.6 Å². The average molecular weight is 248 g/mol. The Kier molecular flexibility index (Phi) is 6.52. The van der Waals surface area contributed by atoms with Crippen LogP contribution in [0.2, 0.25) is 0 Å². The fourth-order valence-electron chi connectivity index (χ4n) is 1.38. The van der Waals surface area contributed by atoms with Crippen LogP contribution in [-0.2, 0) is 4.79 Å². The predicted molar refractivity (Wildman–Crippen MR) is 69.7 cm³/mol. The fraction of sp³-hybridized carbons (Fsp3) is 0.900. The van der Waals surface area contributed by atoms with Crippen molar-refractivity contribution in [1.29, 1.82) is 0 Å². The predicted octanol–water partition coefficient (Wildman–Crippen LogP) is 0.949. The molecule has 5 heteroatoms. The Balaban J connectivity index is 2.14. The van der Waals surface area contributed by atoms with Crippen molar-refractivity contribution < 1.29 is 4.79 Å². The van der Waals surface area contributed by atoms with E-state index < -0.39 is 0 Å². The van der Waals surface area contributed by atoms with Crippen LogP contribution in [0.15, 0.2) is 0 Å². The van der Waals surface area contributed by atoms with Crippen LogP contribution in [0.25, 0.3) is 0 Å². The van der Waals surface area contributed by atoms with Gasteiger partial charge in [-0.2, -0.15) is 23.5 Å². The van der Waals surface area contributed by atoms with Crippen molar-refractivity contribution in [2.24, 2.45) is 0 Å². The molecular weight excluding hydrogens is 228 g/mol. The third-order valence-corrected chi connectivity index (χ3v) is 5.13. The minimum Gasteiger partial charge on any atom is -0.355 e. The number of carbonyl (C=O) groups excluding carboxylic acids is 1. The number of amides is 1. The highest BCUT2D eigenvalue weighted by molar-refractivity contribution is 8.06. The van der Waals surface area contributed by atoms with Crippen molar-refractivity contribution in [3.8, 4) is 0 Å². The first-order valence-corrected chi connectivity index (χ1v) is 7.64. The van der Waals surface area contributed by atoms with E-state index in [-0.39, 0.29) is 11.9 Å². The van der Waals surface area contributed by atoms with E-state index in [1.54, 1.807) is 0 Å². The lowest BCUT2D eigenvalue weighted by Gasteiger charge is -2.23. The van der Waals surface area contributed by atoms with Crippen LogP contribution < -0.4 is 10.6 Å². The van der Waals surface area contributed by atoms with Gasteiger partial charge in [-0.25, -0.2) is 0 Å². The Morgan fingerprint density at radius 2 is 2.33 bits per heavy atom. The molecule has 0 bridgehead atoms. The van der Waals surface area contributed by atoms with E-state index in [9.17, 15) is 4.79 Å². The van der Waals surface area contributed by atoms with Gasteiger partial charge in [0.1, 0.15) is 0 Å². The quantitative estimate of drug-likeness (QED) is 0.760. The summed E-state index contributed by atoms with van der Waals surface area (Å²) < 4.78 is 0. The summed E-state index contributed by atoms with van der Waals surface area (Å²) in [6.07, 6.45) is 0. The van der Waals surface area contributed by atoms with Gasteiger partial charge < -0.3 is 10.6 Å². The summed E-state index contributed by atoms with van der Waals surface area (Å²) in [5.74, 6) is 3.82. The first-order chi connectivity index (χ1) is 7.24. The Hall–Kier alpha value is 0.130. The maximum absolute atomic E-state index is 11.4. The summed E-state index contributed by atoms with van der Waals surface area (Å²) in [7, 11) is 0. The largest absolute Gasteiger partial charge is 0.355 e. The number of thioether (sulfide) groups is 2. The van der Waals surface area contributed by atoms with Gasteiger partial charge in [0.25, 0.3) is 0 Å². The second-order valence-corrected chi connectivity index (χ2v) is 6.15. The highest BCUT2D eigenvalue weighted by Crippen LogP contribution is 2.23. The van der Waals surface area contributed by atoms with Crippen molar-refractivity contribution >= 4 is 29.4 Å². The van der Waals surface area contributed by atoms with Crippen molar-refractivity contribution in [2.75, 3.05) is 30.3 Å². The van der Waals surface area contributed by atoms with Crippen molar-refractivity contribution in [3.05, 3.63) is 0 Å². The summed E-state index contributed by atoms with van der Waals surface area (Å²) in [4.78, 5) is 11.4. The third kappa shape index (κ3) is 5.13. The minimum atomic E-state index is -0.0718. The topological polar surface area (TPSA) is 41.1 Å². The van der Waals surface area contributed by atoms with E-state index >= 15 is 0 Å². The molecule has 1 heterocycles. The van der Waals surface area contributed by atoms with Crippen LogP contribution in [0.5, 0.6) is 0 Å². The Labute approximate surface area is 101 Å². The molecule has 0 radical (unpaired) electrons. The number of rotatable bonds is 5. The summed E-state index contributed by atoms with van der Waals surface area (Å²) in [6, 6.07) is -0.0718. The summed E-state index contributed by atoms with van der Waals surface area (Å²) in [5, 5.41) is 6.78. The van der Waals surface area contributed by atoms with Gasteiger partial charge in [-0.15, -0.1) is 0 Å². The van der Waals surface area contributed by atoms with Crippen molar-refractivity contribution in [2.45, 2.75) is 25.1 Å². The molecule has 15 heavy (non-hydrogen) atoms. The SMILES string of the molecule is CCNC(=O)C(C)NCC1CSCCS1. The number of nitrogens with one attached hydrogen (secondary N) is 2. The van der Waals surface area contributed by atoms with Gasteiger partial charge in [-0.1, -0.05) is 0 Å². The molecule has 0 aromatic rings. The van der Waals surface area contributed by atoms with Crippen LogP contribution in [0.3, 0.4) is 0 Å². The molecule has 2 atom stereocenters. The smallest absolute Gasteiger partial charge is 0.236 e. The van der Waals surface area contributed by atoms with Gasteiger partial charge in [-0.3, -0.25) is 4.79 Å². The molecule has 1 rings (SSSR count). The second kappa shape index (κ2) is 7.41. The van der Waals surface area contributed by atoms with Crippen LogP contribution >= 0.6 is 23.5 Å². The zero-order valence-electron chi connectivity index (χ0n) is 9.41. The summed E-state index contributed by atoms with van der Waals surface area (Å²) in [6.45, 7) is 5.51. The highest BCUT2D eigenvalue weighted by Gasteiger charge is 2.17. The van der Waals surface area contributed by atoms with Crippen molar-refractivity contribution in [3.63, 3.8) is 0 Å². The molecule has 0 aromatic heterocycles. The molecule has 2 unspecified atom stereocenters. The number of hydrogen-bond acceptors (Lipinski definition) is 4. The first kappa shape index (κ1) is 13.2. The zero-order valence-corrected chi connectivity index (χ0v) is 11.0. The van der Waals surface area contributed by atoms with Gasteiger partial charge in [0, 0.05) is 35.6 Å². The van der Waals surface area contributed by atoms with Crippen molar-refractivity contribution in [1.82, 2.24) is 10.6 Å². The molecule has 2 N–H and O–H groups in total. The molecule has 3 nitrogen and oxygen atoms in total. The molecule has 1 amide bonds. The van der Waals surface area contributed by atoms with Gasteiger partial charge in [0.2, 0.25) is 5.91 Å². The minimum absolute atomic E-state index is 0.0718. The number of hydrogen-bond donors (Lipinski definition) is 2. The molecule has 1 aliphatic rings. The first-order valence-electron chi connectivity index (χ1n) is 5.44. The van der Waals surface area contributed by atoms with Crippen LogP contribution in [0.4, 0.5) is 0 Å². The van der Waals surface area contributed by atoms with Gasteiger partial charge >= 0.3 is 0 Å². The Morgan fingerprint density at radius 1 is 1.53 bits per heavy atom. The summed E-state index contributed by atoms with van der Waals surface area (Å²) in [5.41, 5.74) is 0. The van der Waals surface area contributed by atoms with Crippen LogP contribution in [-0.4, -0.2) is 47.5 Å². The van der Waals surface area contributed by atoms with Gasteiger partial charge in [0.05, 0.1) is 6.04 Å². The Bertz CT molecular complexity index is 196. The van der Waals surface area contributed by atoms with E-state index in [1.165, 1.54) is 17.3 Å². The number of carbonyl (C=O) groups is 1.